The molecule has 0 aromatic carbocycles. The van der Waals surface area contributed by atoms with Crippen molar-refractivity contribution in [3.8, 4) is 0 Å². The van der Waals surface area contributed by atoms with E-state index in [2.05, 4.69) is 0 Å². The Morgan fingerprint density at radius 2 is 2.42 bits per heavy atom. The first kappa shape index (κ1) is 9.71. The number of esters is 1. The van der Waals surface area contributed by atoms with Crippen molar-refractivity contribution >= 4 is 16.8 Å². The molecule has 0 saturated carbocycles. The zero-order valence-electron chi connectivity index (χ0n) is 7.25. The standard InChI is InChI=1S/C8H14O3S/c1-2-11-8(9)5-7-3-4-12(10)6-7/h7H,2-6H2,1H3. The van der Waals surface area contributed by atoms with Gasteiger partial charge in [0.15, 0.2) is 0 Å². The fraction of sp³-hybridized carbons (Fsp3) is 0.875. The van der Waals surface area contributed by atoms with Crippen LogP contribution < -0.4 is 0 Å². The number of carbonyl (C=O) groups excluding carboxylic acids is 1. The molecule has 2 unspecified atom stereocenters. The highest BCUT2D eigenvalue weighted by molar-refractivity contribution is 7.85. The quantitative estimate of drug-likeness (QED) is 0.615. The Morgan fingerprint density at radius 1 is 1.67 bits per heavy atom. The normalized spacial score (nSPS) is 28.8. The van der Waals surface area contributed by atoms with Crippen LogP contribution in [0.3, 0.4) is 0 Å². The lowest BCUT2D eigenvalue weighted by Gasteiger charge is -2.05. The highest BCUT2D eigenvalue weighted by Gasteiger charge is 2.23. The van der Waals surface area contributed by atoms with E-state index in [-0.39, 0.29) is 5.97 Å². The summed E-state index contributed by atoms with van der Waals surface area (Å²) in [4.78, 5) is 11.0. The van der Waals surface area contributed by atoms with Gasteiger partial charge in [-0.2, -0.15) is 0 Å². The minimum Gasteiger partial charge on any atom is -0.466 e. The topological polar surface area (TPSA) is 43.4 Å². The maximum absolute atomic E-state index is 11.0. The molecule has 0 spiro atoms. The summed E-state index contributed by atoms with van der Waals surface area (Å²) < 4.78 is 15.8. The molecule has 12 heavy (non-hydrogen) atoms. The molecular weight excluding hydrogens is 176 g/mol. The smallest absolute Gasteiger partial charge is 0.306 e. The fourth-order valence-electron chi connectivity index (χ4n) is 1.34. The average molecular weight is 190 g/mol. The van der Waals surface area contributed by atoms with Crippen LogP contribution in [0.5, 0.6) is 0 Å². The van der Waals surface area contributed by atoms with Gasteiger partial charge in [-0.05, 0) is 19.3 Å². The summed E-state index contributed by atoms with van der Waals surface area (Å²) in [5.41, 5.74) is 0. The van der Waals surface area contributed by atoms with Gasteiger partial charge >= 0.3 is 5.97 Å². The predicted octanol–water partition coefficient (Wildman–Crippen LogP) is 0.708. The minimum absolute atomic E-state index is 0.151. The molecule has 0 aromatic heterocycles. The SMILES string of the molecule is CCOC(=O)CC1CCS(=O)C1. The largest absolute Gasteiger partial charge is 0.466 e. The van der Waals surface area contributed by atoms with E-state index in [1.807, 2.05) is 0 Å². The number of hydrogen-bond acceptors (Lipinski definition) is 3. The third-order valence-corrected chi connectivity index (χ3v) is 3.47. The summed E-state index contributed by atoms with van der Waals surface area (Å²) in [7, 11) is -0.681. The van der Waals surface area contributed by atoms with Crippen LogP contribution in [0.4, 0.5) is 0 Å². The van der Waals surface area contributed by atoms with Crippen LogP contribution in [0, 0.1) is 5.92 Å². The molecule has 1 aliphatic rings. The molecule has 0 aliphatic carbocycles. The van der Waals surface area contributed by atoms with E-state index in [4.69, 9.17) is 4.74 Å². The lowest BCUT2D eigenvalue weighted by atomic mass is 10.1. The summed E-state index contributed by atoms with van der Waals surface area (Å²) in [6.45, 7) is 2.24. The summed E-state index contributed by atoms with van der Waals surface area (Å²) in [6.07, 6.45) is 1.35. The van der Waals surface area contributed by atoms with Gasteiger partial charge in [-0.1, -0.05) is 0 Å². The summed E-state index contributed by atoms with van der Waals surface area (Å²) in [6, 6.07) is 0. The first-order chi connectivity index (χ1) is 5.72. The molecule has 1 fully saturated rings. The maximum Gasteiger partial charge on any atom is 0.306 e. The number of ether oxygens (including phenoxy) is 1. The molecular formula is C8H14O3S. The molecule has 0 bridgehead atoms. The van der Waals surface area contributed by atoms with Crippen LogP contribution in [0.2, 0.25) is 0 Å². The van der Waals surface area contributed by atoms with Crippen LogP contribution in [0.15, 0.2) is 0 Å². The highest BCUT2D eigenvalue weighted by Crippen LogP contribution is 2.19. The van der Waals surface area contributed by atoms with Gasteiger partial charge in [0.25, 0.3) is 0 Å². The lowest BCUT2D eigenvalue weighted by molar-refractivity contribution is -0.144. The van der Waals surface area contributed by atoms with Crippen LogP contribution in [0.25, 0.3) is 0 Å². The number of carbonyl (C=O) groups is 1. The molecule has 70 valence electrons. The molecule has 3 nitrogen and oxygen atoms in total. The van der Waals surface area contributed by atoms with Gasteiger partial charge in [-0.3, -0.25) is 9.00 Å². The molecule has 1 aliphatic heterocycles. The van der Waals surface area contributed by atoms with E-state index in [0.29, 0.717) is 24.7 Å². The zero-order chi connectivity index (χ0) is 8.97. The molecule has 4 heteroatoms. The van der Waals surface area contributed by atoms with Crippen LogP contribution in [0.1, 0.15) is 19.8 Å². The van der Waals surface area contributed by atoms with Crippen molar-refractivity contribution in [2.45, 2.75) is 19.8 Å². The van der Waals surface area contributed by atoms with E-state index >= 15 is 0 Å². The average Bonchev–Trinajstić information content (AvgIpc) is 2.36. The highest BCUT2D eigenvalue weighted by atomic mass is 32.2. The minimum atomic E-state index is -0.681. The molecule has 1 saturated heterocycles. The van der Waals surface area contributed by atoms with Crippen molar-refractivity contribution < 1.29 is 13.7 Å². The van der Waals surface area contributed by atoms with Crippen LogP contribution >= 0.6 is 0 Å². The predicted molar refractivity (Wildman–Crippen MR) is 47.2 cm³/mol. The van der Waals surface area contributed by atoms with E-state index in [1.54, 1.807) is 6.92 Å². The molecule has 0 radical (unpaired) electrons. The van der Waals surface area contributed by atoms with E-state index in [0.717, 1.165) is 12.2 Å². The molecule has 0 aromatic rings. The van der Waals surface area contributed by atoms with Crippen LogP contribution in [-0.4, -0.2) is 28.3 Å². The number of hydrogen-bond donors (Lipinski definition) is 0. The second-order valence-corrected chi connectivity index (χ2v) is 4.60. The van der Waals surface area contributed by atoms with Gasteiger partial charge in [0, 0.05) is 28.7 Å². The molecule has 0 amide bonds. The number of rotatable bonds is 3. The van der Waals surface area contributed by atoms with Crippen molar-refractivity contribution in [3.05, 3.63) is 0 Å². The summed E-state index contributed by atoms with van der Waals surface area (Å²) in [5, 5.41) is 0. The Balaban J connectivity index is 2.23. The van der Waals surface area contributed by atoms with E-state index in [1.165, 1.54) is 0 Å². The van der Waals surface area contributed by atoms with E-state index < -0.39 is 10.8 Å². The zero-order valence-corrected chi connectivity index (χ0v) is 8.06. The Morgan fingerprint density at radius 3 is 2.92 bits per heavy atom. The van der Waals surface area contributed by atoms with Crippen molar-refractivity contribution in [1.29, 1.82) is 0 Å². The monoisotopic (exact) mass is 190 g/mol. The van der Waals surface area contributed by atoms with Gasteiger partial charge in [-0.15, -0.1) is 0 Å². The van der Waals surface area contributed by atoms with Gasteiger partial charge in [0.2, 0.25) is 0 Å². The first-order valence-electron chi connectivity index (χ1n) is 4.23. The van der Waals surface area contributed by atoms with Crippen molar-refractivity contribution in [2.75, 3.05) is 18.1 Å². The summed E-state index contributed by atoms with van der Waals surface area (Å²) in [5.74, 6) is 1.58. The molecule has 1 heterocycles. The first-order valence-corrected chi connectivity index (χ1v) is 5.71. The lowest BCUT2D eigenvalue weighted by Crippen LogP contribution is -2.11. The third-order valence-electron chi connectivity index (χ3n) is 1.94. The summed E-state index contributed by atoms with van der Waals surface area (Å²) >= 11 is 0. The molecule has 0 N–H and O–H groups in total. The fourth-order valence-corrected chi connectivity index (χ4v) is 2.92. The van der Waals surface area contributed by atoms with Crippen molar-refractivity contribution in [2.24, 2.45) is 5.92 Å². The third kappa shape index (κ3) is 2.93. The molecule has 1 rings (SSSR count). The Hall–Kier alpha value is -0.380. The van der Waals surface area contributed by atoms with E-state index in [9.17, 15) is 9.00 Å². The Labute approximate surface area is 74.9 Å². The second-order valence-electron chi connectivity index (χ2n) is 2.97. The van der Waals surface area contributed by atoms with Gasteiger partial charge in [0.05, 0.1) is 6.61 Å². The maximum atomic E-state index is 11.0. The van der Waals surface area contributed by atoms with Gasteiger partial charge in [-0.25, -0.2) is 0 Å². The van der Waals surface area contributed by atoms with Gasteiger partial charge in [0.1, 0.15) is 0 Å². The van der Waals surface area contributed by atoms with Crippen molar-refractivity contribution in [1.82, 2.24) is 0 Å². The van der Waals surface area contributed by atoms with Gasteiger partial charge < -0.3 is 4.74 Å². The Bertz CT molecular complexity index is 191. The molecule has 2 atom stereocenters. The van der Waals surface area contributed by atoms with Crippen LogP contribution in [-0.2, 0) is 20.3 Å². The second kappa shape index (κ2) is 4.60. The van der Waals surface area contributed by atoms with Crippen molar-refractivity contribution in [3.63, 3.8) is 0 Å². The Kier molecular flexibility index (Phi) is 3.72.